The average Bonchev–Trinajstić information content (AvgIpc) is 2.62. The molecule has 1 saturated heterocycles. The summed E-state index contributed by atoms with van der Waals surface area (Å²) in [6.45, 7) is 7.46. The zero-order valence-corrected chi connectivity index (χ0v) is 17.9. The first-order valence-electron chi connectivity index (χ1n) is 9.33. The van der Waals surface area contributed by atoms with Crippen molar-refractivity contribution in [2.45, 2.75) is 55.9 Å². The minimum atomic E-state index is -3.68. The van der Waals surface area contributed by atoms with E-state index < -0.39 is 20.0 Å². The van der Waals surface area contributed by atoms with Crippen LogP contribution in [-0.4, -0.2) is 53.5 Å². The summed E-state index contributed by atoms with van der Waals surface area (Å²) in [5.41, 5.74) is 0. The fourth-order valence-electron chi connectivity index (χ4n) is 2.95. The number of rotatable bonds is 9. The Hall–Kier alpha value is -1.00. The largest absolute Gasteiger partial charge is 0.379 e. The van der Waals surface area contributed by atoms with Crippen LogP contribution in [0.25, 0.3) is 0 Å². The standard InChI is InChI=1S/C18H30N2O5S2/c1-15(2)5-4-6-16(3)19-26(21,22)17-7-9-18(10-8-17)27(23,24)20-11-13-25-14-12-20/h7-10,15-16,19H,4-6,11-14H2,1-3H3. The number of morpholine rings is 1. The van der Waals surface area contributed by atoms with Crippen molar-refractivity contribution < 1.29 is 21.6 Å². The van der Waals surface area contributed by atoms with Crippen molar-refractivity contribution in [2.24, 2.45) is 5.92 Å². The lowest BCUT2D eigenvalue weighted by Crippen LogP contribution is -2.40. The molecule has 0 saturated carbocycles. The van der Waals surface area contributed by atoms with E-state index in [-0.39, 0.29) is 15.8 Å². The third kappa shape index (κ3) is 6.25. The summed E-state index contributed by atoms with van der Waals surface area (Å²) in [5, 5.41) is 0. The molecule has 1 fully saturated rings. The van der Waals surface area contributed by atoms with Crippen molar-refractivity contribution in [3.8, 4) is 0 Å². The zero-order valence-electron chi connectivity index (χ0n) is 16.2. The molecule has 0 amide bonds. The van der Waals surface area contributed by atoms with Crippen LogP contribution in [0.4, 0.5) is 0 Å². The SMILES string of the molecule is CC(C)CCCC(C)NS(=O)(=O)c1ccc(S(=O)(=O)N2CCOCC2)cc1. The molecule has 1 atom stereocenters. The van der Waals surface area contributed by atoms with Gasteiger partial charge >= 0.3 is 0 Å². The first kappa shape index (κ1) is 22.3. The Balaban J connectivity index is 2.04. The van der Waals surface area contributed by atoms with Crippen molar-refractivity contribution in [3.63, 3.8) is 0 Å². The molecular weight excluding hydrogens is 388 g/mol. The first-order chi connectivity index (χ1) is 12.6. The molecule has 0 aromatic heterocycles. The van der Waals surface area contributed by atoms with Crippen LogP contribution in [0.3, 0.4) is 0 Å². The van der Waals surface area contributed by atoms with Gasteiger partial charge in [0.1, 0.15) is 0 Å². The highest BCUT2D eigenvalue weighted by Gasteiger charge is 2.27. The average molecular weight is 419 g/mol. The van der Waals surface area contributed by atoms with Crippen LogP contribution in [0.2, 0.25) is 0 Å². The monoisotopic (exact) mass is 418 g/mol. The van der Waals surface area contributed by atoms with Crippen LogP contribution in [0.5, 0.6) is 0 Å². The van der Waals surface area contributed by atoms with E-state index in [2.05, 4.69) is 18.6 Å². The summed E-state index contributed by atoms with van der Waals surface area (Å²) >= 11 is 0. The molecular formula is C18H30N2O5S2. The maximum absolute atomic E-state index is 12.6. The van der Waals surface area contributed by atoms with E-state index in [1.54, 1.807) is 0 Å². The van der Waals surface area contributed by atoms with Gasteiger partial charge in [-0.15, -0.1) is 0 Å². The van der Waals surface area contributed by atoms with Crippen molar-refractivity contribution in [1.82, 2.24) is 9.03 Å². The van der Waals surface area contributed by atoms with E-state index >= 15 is 0 Å². The molecule has 1 heterocycles. The summed E-state index contributed by atoms with van der Waals surface area (Å²) in [7, 11) is -7.31. The minimum Gasteiger partial charge on any atom is -0.379 e. The number of hydrogen-bond acceptors (Lipinski definition) is 5. The smallest absolute Gasteiger partial charge is 0.243 e. The molecule has 1 aromatic rings. The van der Waals surface area contributed by atoms with Gasteiger partial charge in [-0.3, -0.25) is 0 Å². The first-order valence-corrected chi connectivity index (χ1v) is 12.3. The lowest BCUT2D eigenvalue weighted by atomic mass is 10.0. The highest BCUT2D eigenvalue weighted by Crippen LogP contribution is 2.20. The molecule has 0 radical (unpaired) electrons. The normalized spacial score (nSPS) is 17.9. The number of nitrogens with one attached hydrogen (secondary N) is 1. The summed E-state index contributed by atoms with van der Waals surface area (Å²) in [6.07, 6.45) is 2.78. The molecule has 27 heavy (non-hydrogen) atoms. The van der Waals surface area contributed by atoms with Gasteiger partial charge in [-0.05, 0) is 43.5 Å². The van der Waals surface area contributed by atoms with E-state index in [0.29, 0.717) is 32.2 Å². The molecule has 0 aliphatic carbocycles. The van der Waals surface area contributed by atoms with Crippen LogP contribution in [0.1, 0.15) is 40.0 Å². The van der Waals surface area contributed by atoms with Crippen LogP contribution < -0.4 is 4.72 Å². The van der Waals surface area contributed by atoms with E-state index in [0.717, 1.165) is 19.3 Å². The Morgan fingerprint density at radius 3 is 2.07 bits per heavy atom. The predicted octanol–water partition coefficient (Wildman–Crippen LogP) is 2.20. The van der Waals surface area contributed by atoms with Gasteiger partial charge < -0.3 is 4.74 Å². The van der Waals surface area contributed by atoms with E-state index in [4.69, 9.17) is 4.74 Å². The fraction of sp³-hybridized carbons (Fsp3) is 0.667. The lowest BCUT2D eigenvalue weighted by Gasteiger charge is -2.26. The highest BCUT2D eigenvalue weighted by atomic mass is 32.2. The Morgan fingerprint density at radius 1 is 0.963 bits per heavy atom. The highest BCUT2D eigenvalue weighted by molar-refractivity contribution is 7.89. The number of hydrogen-bond donors (Lipinski definition) is 1. The summed E-state index contributed by atoms with van der Waals surface area (Å²) in [5.74, 6) is 0.592. The maximum Gasteiger partial charge on any atom is 0.243 e. The van der Waals surface area contributed by atoms with Crippen molar-refractivity contribution >= 4 is 20.0 Å². The summed E-state index contributed by atoms with van der Waals surface area (Å²) in [6, 6.07) is 5.21. The van der Waals surface area contributed by atoms with E-state index in [1.807, 2.05) is 6.92 Å². The molecule has 1 N–H and O–H groups in total. The molecule has 1 aromatic carbocycles. The zero-order chi connectivity index (χ0) is 20.1. The number of ether oxygens (including phenoxy) is 1. The topological polar surface area (TPSA) is 92.8 Å². The molecule has 7 nitrogen and oxygen atoms in total. The quantitative estimate of drug-likeness (QED) is 0.664. The maximum atomic E-state index is 12.6. The van der Waals surface area contributed by atoms with Crippen molar-refractivity contribution in [1.29, 1.82) is 0 Å². The van der Waals surface area contributed by atoms with E-state index in [1.165, 1.54) is 28.6 Å². The molecule has 1 unspecified atom stereocenters. The Kier molecular flexibility index (Phi) is 7.82. The van der Waals surface area contributed by atoms with Gasteiger partial charge in [0.2, 0.25) is 20.0 Å². The predicted molar refractivity (Wildman–Crippen MR) is 104 cm³/mol. The van der Waals surface area contributed by atoms with Gasteiger partial charge in [0.15, 0.2) is 0 Å². The van der Waals surface area contributed by atoms with Crippen LogP contribution in [0, 0.1) is 5.92 Å². The molecule has 9 heteroatoms. The van der Waals surface area contributed by atoms with Crippen molar-refractivity contribution in [3.05, 3.63) is 24.3 Å². The second kappa shape index (κ2) is 9.47. The third-order valence-electron chi connectivity index (χ3n) is 4.52. The van der Waals surface area contributed by atoms with Gasteiger partial charge in [-0.2, -0.15) is 4.31 Å². The van der Waals surface area contributed by atoms with Gasteiger partial charge in [-0.1, -0.05) is 26.7 Å². The summed E-state index contributed by atoms with van der Waals surface area (Å²) in [4.78, 5) is 0.160. The lowest BCUT2D eigenvalue weighted by molar-refractivity contribution is 0.0730. The van der Waals surface area contributed by atoms with Gasteiger partial charge in [0, 0.05) is 19.1 Å². The molecule has 1 aliphatic rings. The second-order valence-corrected chi connectivity index (χ2v) is 11.0. The number of benzene rings is 1. The van der Waals surface area contributed by atoms with Gasteiger partial charge in [0.25, 0.3) is 0 Å². The van der Waals surface area contributed by atoms with Crippen molar-refractivity contribution in [2.75, 3.05) is 26.3 Å². The van der Waals surface area contributed by atoms with Crippen LogP contribution in [-0.2, 0) is 24.8 Å². The number of nitrogens with zero attached hydrogens (tertiary/aromatic N) is 1. The Labute approximate surface area is 163 Å². The molecule has 0 bridgehead atoms. The molecule has 2 rings (SSSR count). The number of sulfonamides is 2. The Morgan fingerprint density at radius 2 is 1.52 bits per heavy atom. The fourth-order valence-corrected chi connectivity index (χ4v) is 5.64. The van der Waals surface area contributed by atoms with Gasteiger partial charge in [0.05, 0.1) is 23.0 Å². The Bertz CT molecular complexity index is 799. The second-order valence-electron chi connectivity index (χ2n) is 7.33. The van der Waals surface area contributed by atoms with Crippen LogP contribution >= 0.6 is 0 Å². The summed E-state index contributed by atoms with van der Waals surface area (Å²) < 4.78 is 59.4. The van der Waals surface area contributed by atoms with Gasteiger partial charge in [-0.25, -0.2) is 21.6 Å². The molecule has 0 spiro atoms. The van der Waals surface area contributed by atoms with E-state index in [9.17, 15) is 16.8 Å². The molecule has 1 aliphatic heterocycles. The third-order valence-corrected chi connectivity index (χ3v) is 8.04. The molecule has 154 valence electrons. The van der Waals surface area contributed by atoms with Crippen LogP contribution in [0.15, 0.2) is 34.1 Å². The minimum absolute atomic E-state index is 0.0686.